The fraction of sp³-hybridized carbons (Fsp3) is 0.500. The van der Waals surface area contributed by atoms with Gasteiger partial charge in [-0.2, -0.15) is 15.0 Å². The largest absolute Gasteiger partial charge is 0.497 e. The molecule has 3 N–H and O–H groups in total. The fourth-order valence-electron chi connectivity index (χ4n) is 6.70. The summed E-state index contributed by atoms with van der Waals surface area (Å²) in [6.45, 7) is 5.31. The highest BCUT2D eigenvalue weighted by molar-refractivity contribution is 7.13. The van der Waals surface area contributed by atoms with E-state index in [1.54, 1.807) is 32.7 Å². The summed E-state index contributed by atoms with van der Waals surface area (Å²) < 4.78 is 10.8. The highest BCUT2D eigenvalue weighted by Crippen LogP contribution is 2.46. The highest BCUT2D eigenvalue weighted by atomic mass is 32.1. The number of carboxylic acid groups (broad SMARTS) is 1. The van der Waals surface area contributed by atoms with Crippen molar-refractivity contribution < 1.29 is 33.8 Å². The van der Waals surface area contributed by atoms with Crippen molar-refractivity contribution in [1.29, 1.82) is 0 Å². The van der Waals surface area contributed by atoms with Gasteiger partial charge in [-0.25, -0.2) is 9.59 Å². The molecule has 0 unspecified atom stereocenters. The minimum absolute atomic E-state index is 0.0768. The van der Waals surface area contributed by atoms with Gasteiger partial charge in [0.1, 0.15) is 40.4 Å². The second-order valence-corrected chi connectivity index (χ2v) is 15.1. The van der Waals surface area contributed by atoms with E-state index >= 15 is 0 Å². The Morgan fingerprint density at radius 3 is 2.52 bits per heavy atom. The Balaban J connectivity index is 1.35. The number of benzene rings is 1. The molecule has 3 amide bonds. The van der Waals surface area contributed by atoms with E-state index in [0.29, 0.717) is 30.0 Å². The second kappa shape index (κ2) is 14.3. The number of amides is 3. The zero-order valence-electron chi connectivity index (χ0n) is 28.8. The quantitative estimate of drug-likeness (QED) is 0.293. The minimum atomic E-state index is -1.44. The number of carbonyl (C=O) groups is 4. The topological polar surface area (TPSA) is 165 Å². The van der Waals surface area contributed by atoms with E-state index in [1.807, 2.05) is 53.9 Å². The van der Waals surface area contributed by atoms with Gasteiger partial charge in [-0.05, 0) is 82.2 Å². The minimum Gasteiger partial charge on any atom is -0.497 e. The first-order valence-corrected chi connectivity index (χ1v) is 17.9. The molecule has 14 heteroatoms. The van der Waals surface area contributed by atoms with Gasteiger partial charge in [0.15, 0.2) is 0 Å². The van der Waals surface area contributed by atoms with Crippen molar-refractivity contribution in [1.82, 2.24) is 30.5 Å². The number of hydrogen-bond acceptors (Lipinski definition) is 9. The van der Waals surface area contributed by atoms with Crippen LogP contribution < -0.4 is 15.4 Å². The summed E-state index contributed by atoms with van der Waals surface area (Å²) in [6.07, 6.45) is 6.94. The van der Waals surface area contributed by atoms with E-state index in [4.69, 9.17) is 19.7 Å². The smallest absolute Gasteiger partial charge is 0.408 e. The number of hydrogen-bond donors (Lipinski definition) is 3. The molecule has 0 radical (unpaired) electrons. The van der Waals surface area contributed by atoms with Gasteiger partial charge in [-0.1, -0.05) is 31.1 Å². The molecule has 50 heavy (non-hydrogen) atoms. The lowest BCUT2D eigenvalue weighted by Crippen LogP contribution is -2.56. The molecule has 266 valence electrons. The molecule has 3 aromatic rings. The first kappa shape index (κ1) is 35.1. The number of thiophene rings is 1. The van der Waals surface area contributed by atoms with Gasteiger partial charge in [0.05, 0.1) is 18.0 Å². The predicted molar refractivity (Wildman–Crippen MR) is 186 cm³/mol. The number of fused-ring (bicyclic) bond motifs is 2. The number of nitrogens with one attached hydrogen (secondary N) is 2. The first-order valence-electron chi connectivity index (χ1n) is 17.1. The first-order chi connectivity index (χ1) is 23.9. The number of rotatable bonds is 6. The Kier molecular flexibility index (Phi) is 10.0. The maximum atomic E-state index is 14.4. The monoisotopic (exact) mass is 704 g/mol. The molecule has 3 aliphatic rings. The Hall–Kier alpha value is -4.72. The summed E-state index contributed by atoms with van der Waals surface area (Å²) >= 11 is 1.52. The SMILES string of the molecule is COc1ccc(-c2nn([C@H]3C[C@H]4C(=O)N[C@@]5(C(=O)O)C[C@H]5/C=C\CCCCC[C@H](NC(=O)OC(C)(C)C)C(=O)N4C3)nc2-c2cccs2)cc1. The van der Waals surface area contributed by atoms with E-state index < -0.39 is 53.1 Å². The summed E-state index contributed by atoms with van der Waals surface area (Å²) in [5.41, 5.74) is -0.100. The van der Waals surface area contributed by atoms with Crippen LogP contribution in [0, 0.1) is 5.92 Å². The van der Waals surface area contributed by atoms with Crippen molar-refractivity contribution >= 4 is 35.2 Å². The van der Waals surface area contributed by atoms with E-state index in [-0.39, 0.29) is 25.3 Å². The lowest BCUT2D eigenvalue weighted by Gasteiger charge is -2.30. The van der Waals surface area contributed by atoms with E-state index in [0.717, 1.165) is 29.7 Å². The second-order valence-electron chi connectivity index (χ2n) is 14.2. The number of carboxylic acids is 1. The lowest BCUT2D eigenvalue weighted by molar-refractivity contribution is -0.145. The van der Waals surface area contributed by atoms with E-state index in [2.05, 4.69) is 10.6 Å². The molecule has 0 bridgehead atoms. The Morgan fingerprint density at radius 1 is 1.08 bits per heavy atom. The Labute approximate surface area is 295 Å². The number of alkyl carbamates (subject to hydrolysis) is 1. The Morgan fingerprint density at radius 2 is 1.84 bits per heavy atom. The Bertz CT molecular complexity index is 1750. The average molecular weight is 705 g/mol. The van der Waals surface area contributed by atoms with Crippen LogP contribution in [0.1, 0.15) is 71.8 Å². The van der Waals surface area contributed by atoms with Gasteiger partial charge in [-0.15, -0.1) is 11.3 Å². The normalized spacial score (nSPS) is 26.4. The van der Waals surface area contributed by atoms with Gasteiger partial charge in [0.2, 0.25) is 11.8 Å². The maximum Gasteiger partial charge on any atom is 0.408 e. The number of nitrogens with zero attached hydrogens (tertiary/aromatic N) is 4. The van der Waals surface area contributed by atoms with Gasteiger partial charge in [0.25, 0.3) is 0 Å². The molecule has 0 spiro atoms. The van der Waals surface area contributed by atoms with Gasteiger partial charge < -0.3 is 30.1 Å². The molecule has 1 saturated heterocycles. The third-order valence-electron chi connectivity index (χ3n) is 9.40. The van der Waals surface area contributed by atoms with Crippen LogP contribution in [0.5, 0.6) is 5.75 Å². The summed E-state index contributed by atoms with van der Waals surface area (Å²) in [7, 11) is 1.60. The number of aromatic nitrogens is 3. The number of aliphatic carboxylic acids is 1. The standard InChI is InChI=1S/C36H44N6O7S/c1-35(2,3)49-34(47)37-26-12-9-7-5-6-8-11-23-20-36(23,33(45)46)38-31(43)27-19-24(21-41(27)32(26)44)42-39-29(22-14-16-25(48-4)17-15-22)30(40-42)28-13-10-18-50-28/h8,10-11,13-18,23-24,26-27H,5-7,9,12,19-21H2,1-4H3,(H,37,47)(H,38,43)(H,45,46)/b11-8-/t23-,24+,26+,27+,36+/m1/s1. The molecule has 5 atom stereocenters. The summed E-state index contributed by atoms with van der Waals surface area (Å²) in [5.74, 6) is -1.76. The van der Waals surface area contributed by atoms with Gasteiger partial charge >= 0.3 is 12.1 Å². The van der Waals surface area contributed by atoms with Crippen LogP contribution in [-0.2, 0) is 19.1 Å². The fourth-order valence-corrected chi connectivity index (χ4v) is 7.41. The summed E-state index contributed by atoms with van der Waals surface area (Å²) in [6, 6.07) is 8.89. The van der Waals surface area contributed by atoms with Crippen molar-refractivity contribution in [2.24, 2.45) is 5.92 Å². The summed E-state index contributed by atoms with van der Waals surface area (Å²) in [4.78, 5) is 57.9. The molecule has 1 aromatic carbocycles. The number of carbonyl (C=O) groups excluding carboxylic acids is 3. The van der Waals surface area contributed by atoms with Crippen molar-refractivity contribution in [2.45, 2.75) is 95.0 Å². The maximum absolute atomic E-state index is 14.4. The van der Waals surface area contributed by atoms with Gasteiger partial charge in [0, 0.05) is 24.4 Å². The molecule has 2 fully saturated rings. The van der Waals surface area contributed by atoms with Crippen LogP contribution in [0.3, 0.4) is 0 Å². The number of ether oxygens (including phenoxy) is 2. The van der Waals surface area contributed by atoms with Crippen molar-refractivity contribution in [3.8, 4) is 27.6 Å². The van der Waals surface area contributed by atoms with Crippen LogP contribution in [0.15, 0.2) is 53.9 Å². The third kappa shape index (κ3) is 7.54. The molecule has 4 heterocycles. The van der Waals surface area contributed by atoms with Crippen LogP contribution in [0.2, 0.25) is 0 Å². The van der Waals surface area contributed by atoms with Crippen molar-refractivity contribution in [3.05, 3.63) is 53.9 Å². The van der Waals surface area contributed by atoms with Crippen LogP contribution in [0.25, 0.3) is 21.8 Å². The summed E-state index contributed by atoms with van der Waals surface area (Å²) in [5, 5.41) is 27.6. The van der Waals surface area contributed by atoms with E-state index in [9.17, 15) is 24.3 Å². The van der Waals surface area contributed by atoms with Crippen LogP contribution in [-0.4, -0.2) is 85.8 Å². The molecule has 2 aromatic heterocycles. The lowest BCUT2D eigenvalue weighted by atomic mass is 10.0. The molecule has 13 nitrogen and oxygen atoms in total. The molecule has 1 aliphatic carbocycles. The molecular weight excluding hydrogens is 660 g/mol. The van der Waals surface area contributed by atoms with Crippen LogP contribution in [0.4, 0.5) is 4.79 Å². The molecule has 1 saturated carbocycles. The molecule has 6 rings (SSSR count). The van der Waals surface area contributed by atoms with E-state index in [1.165, 1.54) is 16.2 Å². The van der Waals surface area contributed by atoms with Gasteiger partial charge in [-0.3, -0.25) is 9.59 Å². The zero-order valence-corrected chi connectivity index (χ0v) is 29.6. The van der Waals surface area contributed by atoms with Crippen LogP contribution >= 0.6 is 11.3 Å². The van der Waals surface area contributed by atoms with Crippen molar-refractivity contribution in [2.75, 3.05) is 13.7 Å². The molecular formula is C36H44N6O7S. The third-order valence-corrected chi connectivity index (χ3v) is 10.3. The van der Waals surface area contributed by atoms with Crippen molar-refractivity contribution in [3.63, 3.8) is 0 Å². The molecule has 2 aliphatic heterocycles. The zero-order chi connectivity index (χ0) is 35.6. The number of allylic oxidation sites excluding steroid dienone is 1. The average Bonchev–Trinajstić information content (AvgIpc) is 3.52. The predicted octanol–water partition coefficient (Wildman–Crippen LogP) is 5.20. The number of methoxy groups -OCH3 is 1. The highest BCUT2D eigenvalue weighted by Gasteiger charge is 2.61.